The average molecular weight is 309 g/mol. The summed E-state index contributed by atoms with van der Waals surface area (Å²) in [6.07, 6.45) is 4.55. The quantitative estimate of drug-likeness (QED) is 0.418. The fourth-order valence-electron chi connectivity index (χ4n) is 1.92. The second-order valence-corrected chi connectivity index (χ2v) is 5.62. The van der Waals surface area contributed by atoms with Crippen molar-refractivity contribution in [1.29, 1.82) is 0 Å². The van der Waals surface area contributed by atoms with Gasteiger partial charge in [0.15, 0.2) is 5.96 Å². The van der Waals surface area contributed by atoms with Crippen LogP contribution in [0, 0.1) is 0 Å². The van der Waals surface area contributed by atoms with Crippen molar-refractivity contribution in [2.45, 2.75) is 26.3 Å². The fourth-order valence-corrected chi connectivity index (χ4v) is 2.41. The molecule has 0 spiro atoms. The molecule has 0 amide bonds. The summed E-state index contributed by atoms with van der Waals surface area (Å²) >= 11 is 1.89. The van der Waals surface area contributed by atoms with Gasteiger partial charge in [0.25, 0.3) is 0 Å². The number of unbranched alkanes of at least 4 members (excludes halogenated alkanes) is 1. The number of guanidine groups is 1. The van der Waals surface area contributed by atoms with E-state index in [1.165, 1.54) is 18.6 Å². The van der Waals surface area contributed by atoms with Crippen LogP contribution in [-0.4, -0.2) is 38.2 Å². The highest BCUT2D eigenvalue weighted by molar-refractivity contribution is 7.98. The molecule has 1 aromatic carbocycles. The molecule has 0 aliphatic rings. The third-order valence-electron chi connectivity index (χ3n) is 3.01. The molecule has 21 heavy (non-hydrogen) atoms. The van der Waals surface area contributed by atoms with Crippen LogP contribution in [0.1, 0.15) is 25.3 Å². The van der Waals surface area contributed by atoms with Gasteiger partial charge in [0, 0.05) is 18.7 Å². The van der Waals surface area contributed by atoms with Gasteiger partial charge in [-0.05, 0) is 37.8 Å². The van der Waals surface area contributed by atoms with Crippen molar-refractivity contribution in [1.82, 2.24) is 10.6 Å². The van der Waals surface area contributed by atoms with Crippen LogP contribution in [-0.2, 0) is 6.54 Å². The third kappa shape index (κ3) is 7.27. The standard InChI is InChI=1S/C16H27N3OS/c1-4-17-16(18-11-7-8-12-21-3)19-13-14-9-5-6-10-15(14)20-2/h5-6,9-10H,4,7-8,11-13H2,1-3H3,(H2,17,18,19). The molecule has 0 aliphatic heterocycles. The molecule has 5 heteroatoms. The molecule has 0 heterocycles. The molecule has 0 radical (unpaired) electrons. The number of hydrogen-bond donors (Lipinski definition) is 2. The maximum absolute atomic E-state index is 5.35. The molecule has 0 saturated carbocycles. The van der Waals surface area contributed by atoms with Crippen molar-refractivity contribution in [3.05, 3.63) is 29.8 Å². The molecular weight excluding hydrogens is 282 g/mol. The number of ether oxygens (including phenoxy) is 1. The van der Waals surface area contributed by atoms with Crippen LogP contribution in [0.2, 0.25) is 0 Å². The Balaban J connectivity index is 2.50. The van der Waals surface area contributed by atoms with Gasteiger partial charge in [-0.2, -0.15) is 11.8 Å². The zero-order chi connectivity index (χ0) is 15.3. The zero-order valence-electron chi connectivity index (χ0n) is 13.3. The van der Waals surface area contributed by atoms with Crippen LogP contribution in [0.5, 0.6) is 5.75 Å². The second kappa shape index (κ2) is 11.3. The highest BCUT2D eigenvalue weighted by Gasteiger charge is 2.02. The number of methoxy groups -OCH3 is 1. The minimum Gasteiger partial charge on any atom is -0.496 e. The maximum atomic E-state index is 5.35. The molecule has 1 aromatic rings. The van der Waals surface area contributed by atoms with Crippen LogP contribution in [0.3, 0.4) is 0 Å². The Bertz CT molecular complexity index is 424. The summed E-state index contributed by atoms with van der Waals surface area (Å²) in [4.78, 5) is 4.62. The predicted octanol–water partition coefficient (Wildman–Crippen LogP) is 2.89. The van der Waals surface area contributed by atoms with Crippen LogP contribution in [0.15, 0.2) is 29.3 Å². The van der Waals surface area contributed by atoms with Gasteiger partial charge in [-0.3, -0.25) is 0 Å². The summed E-state index contributed by atoms with van der Waals surface area (Å²) < 4.78 is 5.35. The molecule has 2 N–H and O–H groups in total. The molecule has 4 nitrogen and oxygen atoms in total. The molecule has 0 fully saturated rings. The number of nitrogens with zero attached hydrogens (tertiary/aromatic N) is 1. The van der Waals surface area contributed by atoms with Crippen molar-refractivity contribution in [2.75, 3.05) is 32.2 Å². The summed E-state index contributed by atoms with van der Waals surface area (Å²) in [6, 6.07) is 8.00. The van der Waals surface area contributed by atoms with E-state index in [2.05, 4.69) is 28.8 Å². The SMILES string of the molecule is CCNC(=NCc1ccccc1OC)NCCCCSC. The van der Waals surface area contributed by atoms with Crippen molar-refractivity contribution in [3.63, 3.8) is 0 Å². The van der Waals surface area contributed by atoms with Gasteiger partial charge in [-0.15, -0.1) is 0 Å². The molecule has 0 unspecified atom stereocenters. The lowest BCUT2D eigenvalue weighted by Gasteiger charge is -2.12. The van der Waals surface area contributed by atoms with Gasteiger partial charge in [0.2, 0.25) is 0 Å². The minimum absolute atomic E-state index is 0.615. The second-order valence-electron chi connectivity index (χ2n) is 4.63. The first-order chi connectivity index (χ1) is 10.3. The van der Waals surface area contributed by atoms with Crippen LogP contribution >= 0.6 is 11.8 Å². The Morgan fingerprint density at radius 1 is 1.24 bits per heavy atom. The van der Waals surface area contributed by atoms with Gasteiger partial charge < -0.3 is 15.4 Å². The zero-order valence-corrected chi connectivity index (χ0v) is 14.1. The normalized spacial score (nSPS) is 11.3. The predicted molar refractivity (Wildman–Crippen MR) is 93.4 cm³/mol. The van der Waals surface area contributed by atoms with Gasteiger partial charge >= 0.3 is 0 Å². The van der Waals surface area contributed by atoms with Gasteiger partial charge in [-0.1, -0.05) is 18.2 Å². The van der Waals surface area contributed by atoms with Gasteiger partial charge in [-0.25, -0.2) is 4.99 Å². The molecule has 0 saturated heterocycles. The van der Waals surface area contributed by atoms with Gasteiger partial charge in [0.1, 0.15) is 5.75 Å². The first-order valence-corrected chi connectivity index (χ1v) is 8.84. The molecule has 0 atom stereocenters. The van der Waals surface area contributed by atoms with Crippen molar-refractivity contribution < 1.29 is 4.74 Å². The van der Waals surface area contributed by atoms with E-state index in [-0.39, 0.29) is 0 Å². The maximum Gasteiger partial charge on any atom is 0.191 e. The van der Waals surface area contributed by atoms with Crippen molar-refractivity contribution in [3.8, 4) is 5.75 Å². The smallest absolute Gasteiger partial charge is 0.191 e. The van der Waals surface area contributed by atoms with E-state index in [0.717, 1.165) is 30.4 Å². The number of para-hydroxylation sites is 1. The number of thioether (sulfide) groups is 1. The summed E-state index contributed by atoms with van der Waals surface area (Å²) in [6.45, 7) is 4.51. The highest BCUT2D eigenvalue weighted by Crippen LogP contribution is 2.17. The van der Waals surface area contributed by atoms with E-state index in [1.54, 1.807) is 7.11 Å². The summed E-state index contributed by atoms with van der Waals surface area (Å²) in [5.41, 5.74) is 1.10. The number of aliphatic imine (C=N–C) groups is 1. The van der Waals surface area contributed by atoms with E-state index in [0.29, 0.717) is 6.54 Å². The topological polar surface area (TPSA) is 45.7 Å². The van der Waals surface area contributed by atoms with E-state index >= 15 is 0 Å². The molecule has 0 aliphatic carbocycles. The summed E-state index contributed by atoms with van der Waals surface area (Å²) in [5, 5.41) is 6.65. The Kier molecular flexibility index (Phi) is 9.53. The highest BCUT2D eigenvalue weighted by atomic mass is 32.2. The van der Waals surface area contributed by atoms with Crippen LogP contribution in [0.4, 0.5) is 0 Å². The minimum atomic E-state index is 0.615. The van der Waals surface area contributed by atoms with Crippen LogP contribution < -0.4 is 15.4 Å². The van der Waals surface area contributed by atoms with Gasteiger partial charge in [0.05, 0.1) is 13.7 Å². The van der Waals surface area contributed by atoms with Crippen molar-refractivity contribution >= 4 is 17.7 Å². The molecule has 0 aromatic heterocycles. The summed E-state index contributed by atoms with van der Waals surface area (Å²) in [5.74, 6) is 2.97. The number of rotatable bonds is 9. The molecule has 0 bridgehead atoms. The Hall–Kier alpha value is -1.36. The molecule has 118 valence electrons. The number of nitrogens with one attached hydrogen (secondary N) is 2. The average Bonchev–Trinajstić information content (AvgIpc) is 2.52. The van der Waals surface area contributed by atoms with E-state index in [4.69, 9.17) is 4.74 Å². The molecule has 1 rings (SSSR count). The van der Waals surface area contributed by atoms with E-state index in [9.17, 15) is 0 Å². The first kappa shape index (κ1) is 17.7. The monoisotopic (exact) mass is 309 g/mol. The van der Waals surface area contributed by atoms with E-state index in [1.807, 2.05) is 36.0 Å². The molecular formula is C16H27N3OS. The number of hydrogen-bond acceptors (Lipinski definition) is 3. The largest absolute Gasteiger partial charge is 0.496 e. The Labute approximate surface area is 132 Å². The first-order valence-electron chi connectivity index (χ1n) is 7.44. The van der Waals surface area contributed by atoms with Crippen molar-refractivity contribution in [2.24, 2.45) is 4.99 Å². The lowest BCUT2D eigenvalue weighted by Crippen LogP contribution is -2.37. The number of benzene rings is 1. The fraction of sp³-hybridized carbons (Fsp3) is 0.562. The summed E-state index contributed by atoms with van der Waals surface area (Å²) in [7, 11) is 1.69. The lowest BCUT2D eigenvalue weighted by molar-refractivity contribution is 0.410. The Morgan fingerprint density at radius 2 is 2.05 bits per heavy atom. The third-order valence-corrected chi connectivity index (χ3v) is 3.71. The Morgan fingerprint density at radius 3 is 2.76 bits per heavy atom. The van der Waals surface area contributed by atoms with Crippen LogP contribution in [0.25, 0.3) is 0 Å². The lowest BCUT2D eigenvalue weighted by atomic mass is 10.2. The van der Waals surface area contributed by atoms with E-state index < -0.39 is 0 Å².